The molecule has 0 saturated carbocycles. The molecule has 0 spiro atoms. The van der Waals surface area contributed by atoms with E-state index in [1.807, 2.05) is 74.5 Å². The summed E-state index contributed by atoms with van der Waals surface area (Å²) in [6.45, 7) is 4.22. The third-order valence-electron chi connectivity index (χ3n) is 5.10. The van der Waals surface area contributed by atoms with Crippen molar-refractivity contribution in [2.24, 2.45) is 0 Å². The molecule has 6 nitrogen and oxygen atoms in total. The first-order valence-corrected chi connectivity index (χ1v) is 9.83. The smallest absolute Gasteiger partial charge is 0.262 e. The largest absolute Gasteiger partial charge is 0.497 e. The average molecular weight is 415 g/mol. The van der Waals surface area contributed by atoms with Crippen LogP contribution >= 0.6 is 0 Å². The van der Waals surface area contributed by atoms with Gasteiger partial charge < -0.3 is 19.4 Å². The molecule has 31 heavy (non-hydrogen) atoms. The standard InChI is InChI=1S/C25H25N3O3/c1-17-13-20(18(2)28(17)22-9-11-23(30-3)12-10-22)14-21(15-26)25(29)27-16-19-7-5-6-8-24(19)31-4/h5-14H,16H2,1-4H3,(H,27,29)/b21-14+. The lowest BCUT2D eigenvalue weighted by Gasteiger charge is -2.10. The van der Waals surface area contributed by atoms with Gasteiger partial charge in [0.25, 0.3) is 5.91 Å². The van der Waals surface area contributed by atoms with E-state index in [-0.39, 0.29) is 12.1 Å². The molecule has 1 amide bonds. The maximum Gasteiger partial charge on any atom is 0.262 e. The molecule has 3 aromatic rings. The van der Waals surface area contributed by atoms with Gasteiger partial charge in [0.05, 0.1) is 14.2 Å². The number of nitriles is 1. The fourth-order valence-electron chi connectivity index (χ4n) is 3.49. The molecule has 0 atom stereocenters. The van der Waals surface area contributed by atoms with Crippen molar-refractivity contribution in [3.8, 4) is 23.3 Å². The Morgan fingerprint density at radius 1 is 1.10 bits per heavy atom. The molecule has 1 heterocycles. The molecular formula is C25H25N3O3. The van der Waals surface area contributed by atoms with E-state index in [2.05, 4.69) is 9.88 Å². The maximum absolute atomic E-state index is 12.6. The van der Waals surface area contributed by atoms with Crippen molar-refractivity contribution in [2.45, 2.75) is 20.4 Å². The quantitative estimate of drug-likeness (QED) is 0.460. The Labute approximate surface area is 182 Å². The van der Waals surface area contributed by atoms with E-state index in [0.717, 1.165) is 34.0 Å². The Hall–Kier alpha value is -3.98. The van der Waals surface area contributed by atoms with Crippen LogP contribution in [0.1, 0.15) is 22.5 Å². The highest BCUT2D eigenvalue weighted by Crippen LogP contribution is 2.24. The predicted octanol–water partition coefficient (Wildman–Crippen LogP) is 4.33. The summed E-state index contributed by atoms with van der Waals surface area (Å²) in [7, 11) is 3.21. The van der Waals surface area contributed by atoms with Gasteiger partial charge >= 0.3 is 0 Å². The summed E-state index contributed by atoms with van der Waals surface area (Å²) in [6.07, 6.45) is 1.62. The van der Waals surface area contributed by atoms with Gasteiger partial charge in [-0.3, -0.25) is 4.79 Å². The molecule has 0 unspecified atom stereocenters. The zero-order valence-electron chi connectivity index (χ0n) is 18.1. The normalized spacial score (nSPS) is 11.0. The number of ether oxygens (including phenoxy) is 2. The van der Waals surface area contributed by atoms with Crippen molar-refractivity contribution in [1.29, 1.82) is 5.26 Å². The monoisotopic (exact) mass is 415 g/mol. The first-order chi connectivity index (χ1) is 15.0. The summed E-state index contributed by atoms with van der Waals surface area (Å²) in [5.74, 6) is 1.04. The van der Waals surface area contributed by atoms with Gasteiger partial charge in [0.15, 0.2) is 0 Å². The lowest BCUT2D eigenvalue weighted by atomic mass is 10.1. The van der Waals surface area contributed by atoms with E-state index >= 15 is 0 Å². The number of rotatable bonds is 7. The van der Waals surface area contributed by atoms with Gasteiger partial charge in [-0.25, -0.2) is 0 Å². The van der Waals surface area contributed by atoms with Crippen LogP contribution < -0.4 is 14.8 Å². The van der Waals surface area contributed by atoms with Crippen LogP contribution in [0, 0.1) is 25.2 Å². The second-order valence-corrected chi connectivity index (χ2v) is 7.02. The second-order valence-electron chi connectivity index (χ2n) is 7.02. The molecule has 6 heteroatoms. The van der Waals surface area contributed by atoms with Crippen LogP contribution in [0.5, 0.6) is 11.5 Å². The van der Waals surface area contributed by atoms with E-state index in [1.165, 1.54) is 0 Å². The molecule has 158 valence electrons. The summed E-state index contributed by atoms with van der Waals surface area (Å²) < 4.78 is 12.6. The van der Waals surface area contributed by atoms with E-state index < -0.39 is 5.91 Å². The molecule has 1 aromatic heterocycles. The number of benzene rings is 2. The van der Waals surface area contributed by atoms with Gasteiger partial charge in [0, 0.05) is 29.2 Å². The summed E-state index contributed by atoms with van der Waals surface area (Å²) in [4.78, 5) is 12.6. The van der Waals surface area contributed by atoms with Crippen molar-refractivity contribution in [2.75, 3.05) is 14.2 Å². The predicted molar refractivity (Wildman–Crippen MR) is 120 cm³/mol. The molecule has 0 aliphatic carbocycles. The van der Waals surface area contributed by atoms with Gasteiger partial charge in [-0.15, -0.1) is 0 Å². The van der Waals surface area contributed by atoms with Crippen molar-refractivity contribution >= 4 is 12.0 Å². The van der Waals surface area contributed by atoms with E-state index in [4.69, 9.17) is 9.47 Å². The Bertz CT molecular complexity index is 1150. The molecule has 1 N–H and O–H groups in total. The molecule has 0 fully saturated rings. The van der Waals surface area contributed by atoms with Gasteiger partial charge in [0.2, 0.25) is 0 Å². The highest BCUT2D eigenvalue weighted by atomic mass is 16.5. The minimum Gasteiger partial charge on any atom is -0.497 e. The number of methoxy groups -OCH3 is 2. The zero-order valence-corrected chi connectivity index (χ0v) is 18.1. The fourth-order valence-corrected chi connectivity index (χ4v) is 3.49. The Morgan fingerprint density at radius 2 is 1.81 bits per heavy atom. The molecular weight excluding hydrogens is 390 g/mol. The van der Waals surface area contributed by atoms with E-state index in [0.29, 0.717) is 5.75 Å². The molecule has 0 radical (unpaired) electrons. The number of nitrogens with zero attached hydrogens (tertiary/aromatic N) is 2. The number of aryl methyl sites for hydroxylation is 1. The molecule has 2 aromatic carbocycles. The minimum absolute atomic E-state index is 0.0462. The van der Waals surface area contributed by atoms with Crippen molar-refractivity contribution in [3.05, 3.63) is 82.7 Å². The first-order valence-electron chi connectivity index (χ1n) is 9.83. The number of hydrogen-bond acceptors (Lipinski definition) is 4. The van der Waals surface area contributed by atoms with Crippen molar-refractivity contribution < 1.29 is 14.3 Å². The molecule has 3 rings (SSSR count). The first kappa shape index (κ1) is 21.7. The number of aromatic nitrogens is 1. The highest BCUT2D eigenvalue weighted by molar-refractivity contribution is 6.01. The molecule has 0 bridgehead atoms. The Balaban J connectivity index is 1.83. The van der Waals surface area contributed by atoms with Crippen molar-refractivity contribution in [3.63, 3.8) is 0 Å². The lowest BCUT2D eigenvalue weighted by Crippen LogP contribution is -2.24. The van der Waals surface area contributed by atoms with E-state index in [9.17, 15) is 10.1 Å². The second kappa shape index (κ2) is 9.68. The van der Waals surface area contributed by atoms with Crippen molar-refractivity contribution in [1.82, 2.24) is 9.88 Å². The average Bonchev–Trinajstić information content (AvgIpc) is 3.08. The Kier molecular flexibility index (Phi) is 6.78. The maximum atomic E-state index is 12.6. The topological polar surface area (TPSA) is 76.3 Å². The SMILES string of the molecule is COc1ccc(-n2c(C)cc(/C=C(\C#N)C(=O)NCc3ccccc3OC)c2C)cc1. The minimum atomic E-state index is -0.428. The number of carbonyl (C=O) groups is 1. The number of hydrogen-bond donors (Lipinski definition) is 1. The van der Waals surface area contributed by atoms with Crippen LogP contribution in [0.15, 0.2) is 60.2 Å². The highest BCUT2D eigenvalue weighted by Gasteiger charge is 2.14. The molecule has 0 aliphatic heterocycles. The third kappa shape index (κ3) is 4.78. The van der Waals surface area contributed by atoms with E-state index in [1.54, 1.807) is 20.3 Å². The van der Waals surface area contributed by atoms with Gasteiger partial charge in [-0.1, -0.05) is 18.2 Å². The summed E-state index contributed by atoms with van der Waals surface area (Å²) >= 11 is 0. The lowest BCUT2D eigenvalue weighted by molar-refractivity contribution is -0.117. The van der Waals surface area contributed by atoms with Crippen LogP contribution in [0.25, 0.3) is 11.8 Å². The van der Waals surface area contributed by atoms with Gasteiger partial charge in [-0.2, -0.15) is 5.26 Å². The Morgan fingerprint density at radius 3 is 2.45 bits per heavy atom. The zero-order chi connectivity index (χ0) is 22.4. The summed E-state index contributed by atoms with van der Waals surface area (Å²) in [5, 5.41) is 12.4. The number of para-hydroxylation sites is 1. The number of carbonyl (C=O) groups excluding carboxylic acids is 1. The molecule has 0 saturated heterocycles. The number of nitrogens with one attached hydrogen (secondary N) is 1. The van der Waals surface area contributed by atoms with Crippen LogP contribution in [-0.2, 0) is 11.3 Å². The molecule has 0 aliphatic rings. The summed E-state index contributed by atoms with van der Waals surface area (Å²) in [5.41, 5.74) is 4.62. The van der Waals surface area contributed by atoms with Crippen LogP contribution in [0.3, 0.4) is 0 Å². The van der Waals surface area contributed by atoms with Crippen LogP contribution in [0.4, 0.5) is 0 Å². The van der Waals surface area contributed by atoms with Gasteiger partial charge in [0.1, 0.15) is 23.1 Å². The van der Waals surface area contributed by atoms with Gasteiger partial charge in [-0.05, 0) is 61.9 Å². The third-order valence-corrected chi connectivity index (χ3v) is 5.10. The fraction of sp³-hybridized carbons (Fsp3) is 0.200. The number of amides is 1. The van der Waals surface area contributed by atoms with Crippen LogP contribution in [-0.4, -0.2) is 24.7 Å². The van der Waals surface area contributed by atoms with Crippen LogP contribution in [0.2, 0.25) is 0 Å². The summed E-state index contributed by atoms with van der Waals surface area (Å²) in [6, 6.07) is 19.2.